The number of pyridine rings is 1. The SMILES string of the molecule is C1=CC2c3ccccc3OC2C=C1c1cc(-c2ccc3c(c2)oc2ccccc23)cc(C2C=Cc3ccc4ccc(-c5ccccc5)nc4c3N2)c1. The third-order valence-corrected chi connectivity index (χ3v) is 10.8. The highest BCUT2D eigenvalue weighted by atomic mass is 16.5. The lowest BCUT2D eigenvalue weighted by atomic mass is 9.85. The standard InChI is InChI=1S/C48H32N2O2/c1-2-8-29(9-3-1)41-22-18-30-14-15-31-19-23-42(50-48(31)47(30)49-41)36-25-34(32-16-20-39-37-10-4-6-12-43(37)51-45(39)27-32)24-35(26-36)33-17-21-40-38-11-5-7-13-44(38)52-46(40)28-33/h1-28,39,42,45,50H. The lowest BCUT2D eigenvalue weighted by molar-refractivity contribution is 0.269. The number of para-hydroxylation sites is 2. The second-order valence-corrected chi connectivity index (χ2v) is 13.9. The van der Waals surface area contributed by atoms with E-state index >= 15 is 0 Å². The molecule has 3 aliphatic rings. The third kappa shape index (κ3) is 4.72. The van der Waals surface area contributed by atoms with Gasteiger partial charge in [-0.3, -0.25) is 0 Å². The van der Waals surface area contributed by atoms with Crippen molar-refractivity contribution < 1.29 is 9.15 Å². The van der Waals surface area contributed by atoms with Gasteiger partial charge in [-0.15, -0.1) is 0 Å². The smallest absolute Gasteiger partial charge is 0.136 e. The fraction of sp³-hybridized carbons (Fsp3) is 0.0625. The van der Waals surface area contributed by atoms with Crippen molar-refractivity contribution in [3.63, 3.8) is 0 Å². The van der Waals surface area contributed by atoms with Crippen LogP contribution in [0.25, 0.3) is 66.9 Å². The summed E-state index contributed by atoms with van der Waals surface area (Å²) in [6, 6.07) is 49.1. The highest BCUT2D eigenvalue weighted by molar-refractivity contribution is 6.06. The Bertz CT molecular complexity index is 2820. The van der Waals surface area contributed by atoms with E-state index in [0.717, 1.165) is 83.4 Å². The molecule has 0 amide bonds. The summed E-state index contributed by atoms with van der Waals surface area (Å²) in [7, 11) is 0. The van der Waals surface area contributed by atoms with E-state index < -0.39 is 0 Å². The van der Waals surface area contributed by atoms with Gasteiger partial charge in [-0.25, -0.2) is 4.98 Å². The lowest BCUT2D eigenvalue weighted by Gasteiger charge is -2.26. The van der Waals surface area contributed by atoms with Gasteiger partial charge in [0.1, 0.15) is 23.0 Å². The molecule has 6 aromatic carbocycles. The first-order valence-corrected chi connectivity index (χ1v) is 17.9. The van der Waals surface area contributed by atoms with E-state index in [1.54, 1.807) is 0 Å². The van der Waals surface area contributed by atoms with Crippen molar-refractivity contribution >= 4 is 50.2 Å². The van der Waals surface area contributed by atoms with Crippen LogP contribution in [0.2, 0.25) is 0 Å². The van der Waals surface area contributed by atoms with Crippen molar-refractivity contribution in [2.45, 2.75) is 18.1 Å². The van der Waals surface area contributed by atoms with Crippen LogP contribution < -0.4 is 10.1 Å². The molecular formula is C48H32N2O2. The zero-order chi connectivity index (χ0) is 34.2. The fourth-order valence-corrected chi connectivity index (χ4v) is 8.18. The number of hydrogen-bond donors (Lipinski definition) is 1. The molecule has 11 rings (SSSR count). The number of aromatic nitrogens is 1. The summed E-state index contributed by atoms with van der Waals surface area (Å²) >= 11 is 0. The first-order valence-electron chi connectivity index (χ1n) is 17.9. The van der Waals surface area contributed by atoms with Gasteiger partial charge < -0.3 is 14.5 Å². The normalized spacial score (nSPS) is 18.5. The summed E-state index contributed by atoms with van der Waals surface area (Å²) < 4.78 is 12.8. The molecular weight excluding hydrogens is 637 g/mol. The number of nitrogens with zero attached hydrogens (tertiary/aromatic N) is 1. The molecule has 2 aliphatic heterocycles. The minimum Gasteiger partial charge on any atom is -0.485 e. The van der Waals surface area contributed by atoms with Crippen molar-refractivity contribution in [3.8, 4) is 28.1 Å². The Labute approximate surface area is 301 Å². The van der Waals surface area contributed by atoms with Gasteiger partial charge in [-0.2, -0.15) is 0 Å². The number of nitrogens with one attached hydrogen (secondary N) is 1. The third-order valence-electron chi connectivity index (χ3n) is 10.8. The van der Waals surface area contributed by atoms with Crippen molar-refractivity contribution in [1.29, 1.82) is 0 Å². The number of furan rings is 1. The van der Waals surface area contributed by atoms with E-state index in [0.29, 0.717) is 0 Å². The maximum absolute atomic E-state index is 6.45. The van der Waals surface area contributed by atoms with Gasteiger partial charge in [0.15, 0.2) is 0 Å². The minimum absolute atomic E-state index is 0.0350. The Hall–Kier alpha value is -6.65. The van der Waals surface area contributed by atoms with Gasteiger partial charge >= 0.3 is 0 Å². The maximum atomic E-state index is 6.45. The number of ether oxygens (including phenoxy) is 1. The first-order chi connectivity index (χ1) is 25.7. The van der Waals surface area contributed by atoms with Crippen molar-refractivity contribution in [2.75, 3.05) is 5.32 Å². The molecule has 4 heteroatoms. The molecule has 0 saturated heterocycles. The molecule has 0 bridgehead atoms. The van der Waals surface area contributed by atoms with Crippen molar-refractivity contribution in [3.05, 3.63) is 186 Å². The maximum Gasteiger partial charge on any atom is 0.136 e. The van der Waals surface area contributed by atoms with Gasteiger partial charge in [0.2, 0.25) is 0 Å². The Morgan fingerprint density at radius 3 is 2.38 bits per heavy atom. The van der Waals surface area contributed by atoms with E-state index in [1.807, 2.05) is 24.3 Å². The molecule has 52 heavy (non-hydrogen) atoms. The molecule has 8 aromatic rings. The Morgan fingerprint density at radius 1 is 0.596 bits per heavy atom. The lowest BCUT2D eigenvalue weighted by Crippen LogP contribution is -2.17. The molecule has 0 saturated carbocycles. The Morgan fingerprint density at radius 2 is 1.42 bits per heavy atom. The summed E-state index contributed by atoms with van der Waals surface area (Å²) in [6.45, 7) is 0. The van der Waals surface area contributed by atoms with Crippen molar-refractivity contribution in [1.82, 2.24) is 4.98 Å². The molecule has 4 heterocycles. The monoisotopic (exact) mass is 668 g/mol. The highest BCUT2D eigenvalue weighted by Gasteiger charge is 2.33. The number of benzene rings is 6. The summed E-state index contributed by atoms with van der Waals surface area (Å²) in [5, 5.41) is 7.28. The van der Waals surface area contributed by atoms with Crippen LogP contribution in [-0.4, -0.2) is 11.1 Å². The molecule has 1 aliphatic carbocycles. The Balaban J connectivity index is 1.03. The van der Waals surface area contributed by atoms with Gasteiger partial charge in [-0.1, -0.05) is 115 Å². The van der Waals surface area contributed by atoms with Crippen LogP contribution in [0, 0.1) is 0 Å². The number of fused-ring (bicyclic) bond motifs is 9. The van der Waals surface area contributed by atoms with E-state index in [2.05, 4.69) is 151 Å². The highest BCUT2D eigenvalue weighted by Crippen LogP contribution is 2.44. The zero-order valence-corrected chi connectivity index (χ0v) is 28.2. The second kappa shape index (κ2) is 11.4. The van der Waals surface area contributed by atoms with Crippen LogP contribution in [0.1, 0.15) is 34.2 Å². The van der Waals surface area contributed by atoms with Crippen LogP contribution in [0.5, 0.6) is 5.75 Å². The van der Waals surface area contributed by atoms with E-state index in [1.165, 1.54) is 11.1 Å². The number of allylic oxidation sites excluding steroid dienone is 2. The van der Waals surface area contributed by atoms with Crippen LogP contribution in [0.4, 0.5) is 5.69 Å². The van der Waals surface area contributed by atoms with Gasteiger partial charge in [0.25, 0.3) is 0 Å². The van der Waals surface area contributed by atoms with Crippen LogP contribution >= 0.6 is 0 Å². The number of hydrogen-bond acceptors (Lipinski definition) is 4. The van der Waals surface area contributed by atoms with Gasteiger partial charge in [0.05, 0.1) is 22.9 Å². The topological polar surface area (TPSA) is 47.3 Å². The summed E-state index contributed by atoms with van der Waals surface area (Å²) in [6.07, 6.45) is 11.3. The van der Waals surface area contributed by atoms with E-state index in [-0.39, 0.29) is 18.1 Å². The van der Waals surface area contributed by atoms with Crippen molar-refractivity contribution in [2.24, 2.45) is 0 Å². The zero-order valence-electron chi connectivity index (χ0n) is 28.2. The minimum atomic E-state index is -0.0678. The fourth-order valence-electron chi connectivity index (χ4n) is 8.18. The largest absolute Gasteiger partial charge is 0.485 e. The first kappa shape index (κ1) is 29.1. The molecule has 1 N–H and O–H groups in total. The molecule has 2 aromatic heterocycles. The van der Waals surface area contributed by atoms with E-state index in [9.17, 15) is 0 Å². The van der Waals surface area contributed by atoms with Crippen LogP contribution in [0.3, 0.4) is 0 Å². The van der Waals surface area contributed by atoms with Gasteiger partial charge in [-0.05, 0) is 88.0 Å². The molecule has 0 spiro atoms. The molecule has 3 unspecified atom stereocenters. The predicted molar refractivity (Wildman–Crippen MR) is 212 cm³/mol. The Kier molecular flexibility index (Phi) is 6.41. The molecule has 0 radical (unpaired) electrons. The average Bonchev–Trinajstić information content (AvgIpc) is 3.78. The molecule has 3 atom stereocenters. The van der Waals surface area contributed by atoms with Crippen LogP contribution in [-0.2, 0) is 0 Å². The summed E-state index contributed by atoms with van der Waals surface area (Å²) in [5.41, 5.74) is 14.0. The molecule has 0 fully saturated rings. The van der Waals surface area contributed by atoms with Gasteiger partial charge in [0, 0.05) is 33.2 Å². The van der Waals surface area contributed by atoms with Crippen LogP contribution in [0.15, 0.2) is 168 Å². The summed E-state index contributed by atoms with van der Waals surface area (Å²) in [5.74, 6) is 1.19. The second-order valence-electron chi connectivity index (χ2n) is 13.9. The number of rotatable bonds is 4. The molecule has 4 nitrogen and oxygen atoms in total. The summed E-state index contributed by atoms with van der Waals surface area (Å²) in [4.78, 5) is 5.20. The quantitative estimate of drug-likeness (QED) is 0.203. The molecule has 246 valence electrons. The predicted octanol–water partition coefficient (Wildman–Crippen LogP) is 12.1. The average molecular weight is 669 g/mol. The number of anilines is 1. The van der Waals surface area contributed by atoms with E-state index in [4.69, 9.17) is 14.1 Å².